The first-order valence-corrected chi connectivity index (χ1v) is 8.83. The van der Waals surface area contributed by atoms with Crippen LogP contribution >= 0.6 is 0 Å². The van der Waals surface area contributed by atoms with E-state index in [9.17, 15) is 9.59 Å². The Labute approximate surface area is 158 Å². The minimum atomic E-state index is -0.374. The third-order valence-electron chi connectivity index (χ3n) is 4.10. The molecule has 134 valence electrons. The van der Waals surface area contributed by atoms with Gasteiger partial charge in [-0.25, -0.2) is 4.79 Å². The molecule has 3 rings (SSSR count). The third-order valence-corrected chi connectivity index (χ3v) is 4.10. The predicted molar refractivity (Wildman–Crippen MR) is 107 cm³/mol. The van der Waals surface area contributed by atoms with Gasteiger partial charge in [-0.15, -0.1) is 0 Å². The molecule has 0 saturated carbocycles. The van der Waals surface area contributed by atoms with Crippen LogP contribution in [-0.2, 0) is 4.74 Å². The minimum absolute atomic E-state index is 0.0870. The van der Waals surface area contributed by atoms with Gasteiger partial charge in [0.1, 0.15) is 0 Å². The summed E-state index contributed by atoms with van der Waals surface area (Å²) < 4.78 is 5.09. The van der Waals surface area contributed by atoms with Crippen molar-refractivity contribution in [1.29, 1.82) is 0 Å². The van der Waals surface area contributed by atoms with Crippen LogP contribution < -0.4 is 0 Å². The van der Waals surface area contributed by atoms with Crippen molar-refractivity contribution in [2.45, 2.75) is 6.92 Å². The van der Waals surface area contributed by atoms with Gasteiger partial charge in [-0.1, -0.05) is 72.8 Å². The Bertz CT molecular complexity index is 957. The van der Waals surface area contributed by atoms with Crippen LogP contribution in [0.2, 0.25) is 0 Å². The quantitative estimate of drug-likeness (QED) is 0.347. The summed E-state index contributed by atoms with van der Waals surface area (Å²) in [6.07, 6.45) is 1.62. The molecule has 3 aromatic rings. The van der Waals surface area contributed by atoms with Gasteiger partial charge in [0.15, 0.2) is 5.78 Å². The molecule has 0 N–H and O–H groups in total. The Kier molecular flexibility index (Phi) is 5.95. The van der Waals surface area contributed by atoms with Gasteiger partial charge in [-0.3, -0.25) is 4.79 Å². The Balaban J connectivity index is 2.06. The summed E-state index contributed by atoms with van der Waals surface area (Å²) in [4.78, 5) is 24.8. The zero-order valence-corrected chi connectivity index (χ0v) is 15.1. The maximum Gasteiger partial charge on any atom is 0.338 e. The van der Waals surface area contributed by atoms with Gasteiger partial charge < -0.3 is 4.74 Å². The second kappa shape index (κ2) is 8.77. The molecule has 0 radical (unpaired) electrons. The van der Waals surface area contributed by atoms with E-state index >= 15 is 0 Å². The van der Waals surface area contributed by atoms with Crippen LogP contribution in [0.1, 0.15) is 38.8 Å². The van der Waals surface area contributed by atoms with Crippen LogP contribution in [0.15, 0.2) is 91.0 Å². The van der Waals surface area contributed by atoms with Crippen molar-refractivity contribution >= 4 is 17.3 Å². The predicted octanol–water partition coefficient (Wildman–Crippen LogP) is 5.18. The number of ketones is 1. The molecule has 0 unspecified atom stereocenters. The molecule has 0 aliphatic carbocycles. The molecule has 0 aromatic heterocycles. The van der Waals surface area contributed by atoms with E-state index in [2.05, 4.69) is 0 Å². The van der Waals surface area contributed by atoms with Gasteiger partial charge in [0.25, 0.3) is 0 Å². The van der Waals surface area contributed by atoms with E-state index in [0.29, 0.717) is 17.7 Å². The van der Waals surface area contributed by atoms with Gasteiger partial charge >= 0.3 is 5.97 Å². The second-order valence-corrected chi connectivity index (χ2v) is 5.96. The van der Waals surface area contributed by atoms with Crippen molar-refractivity contribution < 1.29 is 14.3 Å². The highest BCUT2D eigenvalue weighted by Crippen LogP contribution is 2.25. The first-order chi connectivity index (χ1) is 13.2. The summed E-state index contributed by atoms with van der Waals surface area (Å²) >= 11 is 0. The summed E-state index contributed by atoms with van der Waals surface area (Å²) in [5.41, 5.74) is 3.53. The lowest BCUT2D eigenvalue weighted by molar-refractivity contribution is 0.0526. The Morgan fingerprint density at radius 1 is 0.741 bits per heavy atom. The molecule has 0 saturated heterocycles. The lowest BCUT2D eigenvalue weighted by atomic mass is 9.94. The van der Waals surface area contributed by atoms with E-state index in [1.807, 2.05) is 54.6 Å². The smallest absolute Gasteiger partial charge is 0.338 e. The molecule has 0 aliphatic heterocycles. The molecular weight excluding hydrogens is 336 g/mol. The first-order valence-electron chi connectivity index (χ1n) is 8.83. The van der Waals surface area contributed by atoms with E-state index in [1.165, 1.54) is 0 Å². The maximum atomic E-state index is 12.8. The van der Waals surface area contributed by atoms with Gasteiger partial charge in [-0.2, -0.15) is 0 Å². The topological polar surface area (TPSA) is 43.4 Å². The first kappa shape index (κ1) is 18.3. The molecule has 0 spiro atoms. The molecule has 3 aromatic carbocycles. The van der Waals surface area contributed by atoms with Gasteiger partial charge in [0.2, 0.25) is 0 Å². The van der Waals surface area contributed by atoms with E-state index in [1.54, 1.807) is 43.3 Å². The van der Waals surface area contributed by atoms with Crippen molar-refractivity contribution in [3.8, 4) is 0 Å². The molecule has 3 heteroatoms. The highest BCUT2D eigenvalue weighted by atomic mass is 16.5. The molecule has 27 heavy (non-hydrogen) atoms. The fourth-order valence-electron chi connectivity index (χ4n) is 2.80. The van der Waals surface area contributed by atoms with Gasteiger partial charge in [-0.05, 0) is 41.8 Å². The Morgan fingerprint density at radius 3 is 1.93 bits per heavy atom. The monoisotopic (exact) mass is 356 g/mol. The molecule has 0 aliphatic rings. The fraction of sp³-hybridized carbons (Fsp3) is 0.0833. The van der Waals surface area contributed by atoms with Crippen LogP contribution in [0.4, 0.5) is 0 Å². The molecule has 0 heterocycles. The molecule has 0 fully saturated rings. The number of carbonyl (C=O) groups excluding carboxylic acids is 2. The van der Waals surface area contributed by atoms with E-state index in [4.69, 9.17) is 4.74 Å². The summed E-state index contributed by atoms with van der Waals surface area (Å²) in [6.45, 7) is 2.09. The SMILES string of the molecule is CCOC(=O)c1cccc(/C(=C\C(=O)c2ccccc2)c2ccccc2)c1. The van der Waals surface area contributed by atoms with Gasteiger partial charge in [0, 0.05) is 5.56 Å². The van der Waals surface area contributed by atoms with Crippen LogP contribution in [0.5, 0.6) is 0 Å². The summed E-state index contributed by atoms with van der Waals surface area (Å²) in [5.74, 6) is -0.461. The molecule has 0 bridgehead atoms. The van der Waals surface area contributed by atoms with Crippen molar-refractivity contribution in [3.05, 3.63) is 113 Å². The van der Waals surface area contributed by atoms with Crippen molar-refractivity contribution in [3.63, 3.8) is 0 Å². The molecule has 3 nitrogen and oxygen atoms in total. The zero-order chi connectivity index (χ0) is 19.1. The number of hydrogen-bond acceptors (Lipinski definition) is 3. The number of ether oxygens (including phenoxy) is 1. The van der Waals surface area contributed by atoms with Crippen molar-refractivity contribution in [2.24, 2.45) is 0 Å². The number of hydrogen-bond donors (Lipinski definition) is 0. The van der Waals surface area contributed by atoms with Crippen LogP contribution in [0.3, 0.4) is 0 Å². The Hall–Kier alpha value is -3.46. The van der Waals surface area contributed by atoms with E-state index in [-0.39, 0.29) is 11.8 Å². The zero-order valence-electron chi connectivity index (χ0n) is 15.1. The lowest BCUT2D eigenvalue weighted by Gasteiger charge is -2.10. The standard InChI is InChI=1S/C24H20O3/c1-2-27-24(26)21-15-9-14-20(16-21)22(18-10-5-3-6-11-18)17-23(25)19-12-7-4-8-13-19/h3-17H,2H2,1H3/b22-17-. The van der Waals surface area contributed by atoms with E-state index in [0.717, 1.165) is 16.7 Å². The highest BCUT2D eigenvalue weighted by Gasteiger charge is 2.12. The number of carbonyl (C=O) groups is 2. The number of esters is 1. The maximum absolute atomic E-state index is 12.8. The largest absolute Gasteiger partial charge is 0.462 e. The summed E-state index contributed by atoms with van der Waals surface area (Å²) in [7, 11) is 0. The van der Waals surface area contributed by atoms with Crippen LogP contribution in [0, 0.1) is 0 Å². The Morgan fingerprint density at radius 2 is 1.30 bits per heavy atom. The van der Waals surface area contributed by atoms with E-state index < -0.39 is 0 Å². The molecular formula is C24H20O3. The number of rotatable bonds is 6. The average Bonchev–Trinajstić information content (AvgIpc) is 2.73. The minimum Gasteiger partial charge on any atom is -0.462 e. The third kappa shape index (κ3) is 4.59. The normalized spacial score (nSPS) is 11.1. The van der Waals surface area contributed by atoms with Crippen molar-refractivity contribution in [2.75, 3.05) is 6.61 Å². The lowest BCUT2D eigenvalue weighted by Crippen LogP contribution is -2.05. The summed E-state index contributed by atoms with van der Waals surface area (Å²) in [5, 5.41) is 0. The van der Waals surface area contributed by atoms with Gasteiger partial charge in [0.05, 0.1) is 12.2 Å². The highest BCUT2D eigenvalue weighted by molar-refractivity contribution is 6.10. The summed E-state index contributed by atoms with van der Waals surface area (Å²) in [6, 6.07) is 25.9. The second-order valence-electron chi connectivity index (χ2n) is 5.96. The molecule has 0 atom stereocenters. The number of allylic oxidation sites excluding steroid dienone is 1. The van der Waals surface area contributed by atoms with Crippen molar-refractivity contribution in [1.82, 2.24) is 0 Å². The average molecular weight is 356 g/mol. The number of benzene rings is 3. The van der Waals surface area contributed by atoms with Crippen LogP contribution in [0.25, 0.3) is 5.57 Å². The molecule has 0 amide bonds. The van der Waals surface area contributed by atoms with Crippen LogP contribution in [-0.4, -0.2) is 18.4 Å². The fourth-order valence-corrected chi connectivity index (χ4v) is 2.80.